The smallest absolute Gasteiger partial charge is 0.313 e. The van der Waals surface area contributed by atoms with Crippen LogP contribution in [0.5, 0.6) is 0 Å². The zero-order valence-corrected chi connectivity index (χ0v) is 7.24. The van der Waals surface area contributed by atoms with Crippen LogP contribution in [0.2, 0.25) is 0 Å². The standard InChI is InChI=1S/C9H12O3/c1-3-12-9(11)7-4-5-8(10)6(7)2/h4-7H,3H2,1-2H3/t6-,7+/m1/s1. The van der Waals surface area contributed by atoms with E-state index in [1.54, 1.807) is 19.9 Å². The van der Waals surface area contributed by atoms with Gasteiger partial charge in [0.15, 0.2) is 5.78 Å². The number of hydrogen-bond donors (Lipinski definition) is 0. The third-order valence-electron chi connectivity index (χ3n) is 2.01. The van der Waals surface area contributed by atoms with Gasteiger partial charge in [-0.15, -0.1) is 0 Å². The fourth-order valence-electron chi connectivity index (χ4n) is 1.22. The van der Waals surface area contributed by atoms with E-state index < -0.39 is 0 Å². The van der Waals surface area contributed by atoms with E-state index in [4.69, 9.17) is 4.74 Å². The van der Waals surface area contributed by atoms with Crippen LogP contribution in [0.3, 0.4) is 0 Å². The molecule has 0 aromatic heterocycles. The van der Waals surface area contributed by atoms with Crippen molar-refractivity contribution >= 4 is 11.8 Å². The van der Waals surface area contributed by atoms with E-state index in [-0.39, 0.29) is 23.6 Å². The quantitative estimate of drug-likeness (QED) is 0.576. The lowest BCUT2D eigenvalue weighted by atomic mass is 9.97. The molecule has 0 amide bonds. The Kier molecular flexibility index (Phi) is 2.63. The Bertz CT molecular complexity index is 230. The Hall–Kier alpha value is -1.12. The Morgan fingerprint density at radius 3 is 2.75 bits per heavy atom. The summed E-state index contributed by atoms with van der Waals surface area (Å²) < 4.78 is 4.80. The maximum Gasteiger partial charge on any atom is 0.313 e. The molecule has 66 valence electrons. The number of ether oxygens (including phenoxy) is 1. The fourth-order valence-corrected chi connectivity index (χ4v) is 1.22. The summed E-state index contributed by atoms with van der Waals surface area (Å²) in [4.78, 5) is 22.2. The van der Waals surface area contributed by atoms with Crippen LogP contribution in [0.1, 0.15) is 13.8 Å². The first-order chi connectivity index (χ1) is 5.66. The minimum absolute atomic E-state index is 0.00746. The van der Waals surface area contributed by atoms with E-state index in [1.165, 1.54) is 6.08 Å². The maximum atomic E-state index is 11.2. The van der Waals surface area contributed by atoms with Gasteiger partial charge in [0.25, 0.3) is 0 Å². The van der Waals surface area contributed by atoms with Crippen molar-refractivity contribution in [2.75, 3.05) is 6.61 Å². The molecule has 0 unspecified atom stereocenters. The molecule has 0 N–H and O–H groups in total. The first-order valence-corrected chi connectivity index (χ1v) is 4.05. The minimum atomic E-state index is -0.363. The lowest BCUT2D eigenvalue weighted by molar-refractivity contribution is -0.148. The third kappa shape index (κ3) is 1.55. The van der Waals surface area contributed by atoms with Crippen LogP contribution < -0.4 is 0 Å². The second-order valence-corrected chi connectivity index (χ2v) is 2.83. The van der Waals surface area contributed by atoms with Crippen molar-refractivity contribution in [2.24, 2.45) is 11.8 Å². The zero-order chi connectivity index (χ0) is 9.14. The molecule has 0 bridgehead atoms. The first-order valence-electron chi connectivity index (χ1n) is 4.05. The van der Waals surface area contributed by atoms with Crippen molar-refractivity contribution in [3.63, 3.8) is 0 Å². The molecule has 0 radical (unpaired) electrons. The summed E-state index contributed by atoms with van der Waals surface area (Å²) >= 11 is 0. The zero-order valence-electron chi connectivity index (χ0n) is 7.24. The third-order valence-corrected chi connectivity index (χ3v) is 2.01. The lowest BCUT2D eigenvalue weighted by Gasteiger charge is -2.11. The molecule has 0 aliphatic heterocycles. The van der Waals surface area contributed by atoms with Gasteiger partial charge in [-0.1, -0.05) is 13.0 Å². The number of allylic oxidation sites excluding steroid dienone is 1. The molecule has 0 heterocycles. The van der Waals surface area contributed by atoms with Crippen LogP contribution in [0.15, 0.2) is 12.2 Å². The molecular weight excluding hydrogens is 156 g/mol. The molecule has 3 nitrogen and oxygen atoms in total. The fraction of sp³-hybridized carbons (Fsp3) is 0.556. The summed E-state index contributed by atoms with van der Waals surface area (Å²) in [5.74, 6) is -0.901. The van der Waals surface area contributed by atoms with Crippen molar-refractivity contribution in [1.29, 1.82) is 0 Å². The second-order valence-electron chi connectivity index (χ2n) is 2.83. The van der Waals surface area contributed by atoms with Gasteiger partial charge in [-0.3, -0.25) is 9.59 Å². The number of rotatable bonds is 2. The van der Waals surface area contributed by atoms with E-state index in [0.29, 0.717) is 6.61 Å². The van der Waals surface area contributed by atoms with Gasteiger partial charge >= 0.3 is 5.97 Å². The van der Waals surface area contributed by atoms with Gasteiger partial charge in [0.2, 0.25) is 0 Å². The molecule has 0 aromatic rings. The molecule has 0 spiro atoms. The number of hydrogen-bond acceptors (Lipinski definition) is 3. The predicted molar refractivity (Wildman–Crippen MR) is 43.4 cm³/mol. The number of carbonyl (C=O) groups excluding carboxylic acids is 2. The van der Waals surface area contributed by atoms with Crippen LogP contribution in [0.4, 0.5) is 0 Å². The molecule has 12 heavy (non-hydrogen) atoms. The monoisotopic (exact) mass is 168 g/mol. The van der Waals surface area contributed by atoms with Gasteiger partial charge in [-0.25, -0.2) is 0 Å². The molecule has 3 heteroatoms. The Morgan fingerprint density at radius 1 is 1.67 bits per heavy atom. The van der Waals surface area contributed by atoms with Gasteiger partial charge in [-0.2, -0.15) is 0 Å². The molecule has 0 saturated heterocycles. The topological polar surface area (TPSA) is 43.4 Å². The van der Waals surface area contributed by atoms with Crippen molar-refractivity contribution in [3.05, 3.63) is 12.2 Å². The van der Waals surface area contributed by atoms with Crippen LogP contribution in [0.25, 0.3) is 0 Å². The molecular formula is C9H12O3. The molecule has 0 fully saturated rings. The normalized spacial score (nSPS) is 27.7. The first kappa shape index (κ1) is 8.97. The summed E-state index contributed by atoms with van der Waals surface area (Å²) in [6.45, 7) is 3.86. The Balaban J connectivity index is 2.60. The number of ketones is 1. The van der Waals surface area contributed by atoms with E-state index in [1.807, 2.05) is 0 Å². The van der Waals surface area contributed by atoms with E-state index >= 15 is 0 Å². The highest BCUT2D eigenvalue weighted by Gasteiger charge is 2.32. The summed E-state index contributed by atoms with van der Waals surface area (Å²) in [6, 6.07) is 0. The average Bonchev–Trinajstić information content (AvgIpc) is 2.34. The highest BCUT2D eigenvalue weighted by molar-refractivity contribution is 5.99. The molecule has 0 saturated carbocycles. The SMILES string of the molecule is CCOC(=O)[C@H]1C=CC(=O)[C@@H]1C. The van der Waals surface area contributed by atoms with E-state index in [9.17, 15) is 9.59 Å². The van der Waals surface area contributed by atoms with Crippen LogP contribution in [-0.2, 0) is 14.3 Å². The van der Waals surface area contributed by atoms with Gasteiger partial charge in [0, 0.05) is 5.92 Å². The van der Waals surface area contributed by atoms with Crippen molar-refractivity contribution in [3.8, 4) is 0 Å². The summed E-state index contributed by atoms with van der Waals surface area (Å²) in [5.41, 5.74) is 0. The van der Waals surface area contributed by atoms with Crippen molar-refractivity contribution in [1.82, 2.24) is 0 Å². The Morgan fingerprint density at radius 2 is 2.33 bits per heavy atom. The van der Waals surface area contributed by atoms with E-state index in [2.05, 4.69) is 0 Å². The van der Waals surface area contributed by atoms with Gasteiger partial charge in [-0.05, 0) is 13.0 Å². The van der Waals surface area contributed by atoms with Crippen molar-refractivity contribution in [2.45, 2.75) is 13.8 Å². The van der Waals surface area contributed by atoms with Gasteiger partial charge in [0.1, 0.15) is 0 Å². The Labute approximate surface area is 71.4 Å². The number of esters is 1. The highest BCUT2D eigenvalue weighted by Crippen LogP contribution is 2.22. The summed E-state index contributed by atoms with van der Waals surface area (Å²) in [7, 11) is 0. The minimum Gasteiger partial charge on any atom is -0.466 e. The molecule has 1 rings (SSSR count). The van der Waals surface area contributed by atoms with Crippen molar-refractivity contribution < 1.29 is 14.3 Å². The molecule has 0 aromatic carbocycles. The average molecular weight is 168 g/mol. The van der Waals surface area contributed by atoms with Crippen LogP contribution >= 0.6 is 0 Å². The highest BCUT2D eigenvalue weighted by atomic mass is 16.5. The van der Waals surface area contributed by atoms with Gasteiger partial charge in [0.05, 0.1) is 12.5 Å². The maximum absolute atomic E-state index is 11.2. The largest absolute Gasteiger partial charge is 0.466 e. The predicted octanol–water partition coefficient (Wildman–Crippen LogP) is 0.941. The second kappa shape index (κ2) is 3.52. The van der Waals surface area contributed by atoms with Crippen LogP contribution in [-0.4, -0.2) is 18.4 Å². The molecule has 2 atom stereocenters. The summed E-state index contributed by atoms with van der Waals surface area (Å²) in [6.07, 6.45) is 3.07. The van der Waals surface area contributed by atoms with E-state index in [0.717, 1.165) is 0 Å². The lowest BCUT2D eigenvalue weighted by Crippen LogP contribution is -2.22. The molecule has 1 aliphatic carbocycles. The summed E-state index contributed by atoms with van der Waals surface area (Å²) in [5, 5.41) is 0. The van der Waals surface area contributed by atoms with Gasteiger partial charge < -0.3 is 4.74 Å². The number of carbonyl (C=O) groups is 2. The molecule has 1 aliphatic rings. The van der Waals surface area contributed by atoms with Crippen LogP contribution in [0, 0.1) is 11.8 Å².